The molecule has 1 nitrogen and oxygen atoms in total. The fourth-order valence-electron chi connectivity index (χ4n) is 0.902. The van der Waals surface area contributed by atoms with E-state index >= 15 is 0 Å². The van der Waals surface area contributed by atoms with Crippen LogP contribution in [0.15, 0.2) is 0 Å². The summed E-state index contributed by atoms with van der Waals surface area (Å²) in [7, 11) is 2.24. The van der Waals surface area contributed by atoms with Crippen LogP contribution in [-0.2, 0) is 4.74 Å². The van der Waals surface area contributed by atoms with E-state index in [1.807, 2.05) is 0 Å². The van der Waals surface area contributed by atoms with Crippen LogP contribution in [0.3, 0.4) is 0 Å². The molecule has 1 unspecified atom stereocenters. The van der Waals surface area contributed by atoms with Crippen LogP contribution in [0, 0.1) is 0 Å². The molecule has 1 aliphatic heterocycles. The van der Waals surface area contributed by atoms with Crippen molar-refractivity contribution < 1.29 is 4.74 Å². The van der Waals surface area contributed by atoms with Crippen LogP contribution < -0.4 is 0 Å². The summed E-state index contributed by atoms with van der Waals surface area (Å²) in [5, 5.41) is 0. The van der Waals surface area contributed by atoms with E-state index in [9.17, 15) is 0 Å². The van der Waals surface area contributed by atoms with Gasteiger partial charge in [-0.15, -0.1) is 0 Å². The summed E-state index contributed by atoms with van der Waals surface area (Å²) < 4.78 is 5.18. The zero-order valence-electron chi connectivity index (χ0n) is 4.81. The Labute approximate surface area is 45.5 Å². The van der Waals surface area contributed by atoms with E-state index in [4.69, 9.17) is 4.74 Å². The van der Waals surface area contributed by atoms with E-state index in [2.05, 4.69) is 7.85 Å². The Morgan fingerprint density at radius 1 is 1.57 bits per heavy atom. The molecule has 0 N–H and O–H groups in total. The molecule has 0 aliphatic carbocycles. The van der Waals surface area contributed by atoms with Crippen molar-refractivity contribution in [3.8, 4) is 0 Å². The summed E-state index contributed by atoms with van der Waals surface area (Å²) >= 11 is 0. The first-order valence-corrected chi connectivity index (χ1v) is 2.97. The van der Waals surface area contributed by atoms with Crippen LogP contribution in [0.2, 0.25) is 5.82 Å². The lowest BCUT2D eigenvalue weighted by molar-refractivity contribution is 0.0976. The maximum Gasteiger partial charge on any atom is 0.108 e. The van der Waals surface area contributed by atoms with Crippen molar-refractivity contribution in [1.82, 2.24) is 0 Å². The lowest BCUT2D eigenvalue weighted by Gasteiger charge is -2.16. The molecule has 0 aromatic heterocycles. The Morgan fingerprint density at radius 2 is 2.43 bits per heavy atom. The minimum atomic E-state index is 0.814. The van der Waals surface area contributed by atoms with E-state index in [0.29, 0.717) is 0 Å². The molecular formula is C5H11BO. The van der Waals surface area contributed by atoms with Crippen molar-refractivity contribution in [3.05, 3.63) is 0 Å². The highest BCUT2D eigenvalue weighted by Gasteiger charge is 2.06. The van der Waals surface area contributed by atoms with Gasteiger partial charge >= 0.3 is 0 Å². The van der Waals surface area contributed by atoms with Gasteiger partial charge in [-0.25, -0.2) is 0 Å². The molecule has 2 heteroatoms. The summed E-state index contributed by atoms with van der Waals surface area (Å²) in [6.45, 7) is 1.98. The van der Waals surface area contributed by atoms with E-state index in [1.54, 1.807) is 0 Å². The minimum Gasteiger partial charge on any atom is -0.382 e. The zero-order valence-corrected chi connectivity index (χ0v) is 4.81. The van der Waals surface area contributed by atoms with Crippen molar-refractivity contribution in [3.63, 3.8) is 0 Å². The van der Waals surface area contributed by atoms with Gasteiger partial charge in [0.05, 0.1) is 0 Å². The van der Waals surface area contributed by atoms with E-state index < -0.39 is 0 Å². The van der Waals surface area contributed by atoms with Gasteiger partial charge in [0.2, 0.25) is 0 Å². The fraction of sp³-hybridized carbons (Fsp3) is 1.00. The van der Waals surface area contributed by atoms with Crippen LogP contribution in [0.5, 0.6) is 0 Å². The molecule has 0 spiro atoms. The summed E-state index contributed by atoms with van der Waals surface area (Å²) in [5.41, 5.74) is 0. The second kappa shape index (κ2) is 2.36. The van der Waals surface area contributed by atoms with Gasteiger partial charge in [0.1, 0.15) is 7.85 Å². The first-order valence-electron chi connectivity index (χ1n) is 2.97. The summed E-state index contributed by atoms with van der Waals surface area (Å²) in [4.78, 5) is 0. The molecular weight excluding hydrogens is 86.9 g/mol. The molecule has 0 aromatic carbocycles. The van der Waals surface area contributed by atoms with Crippen molar-refractivity contribution in [2.75, 3.05) is 13.2 Å². The van der Waals surface area contributed by atoms with Crippen LogP contribution in [-0.4, -0.2) is 21.1 Å². The average Bonchev–Trinajstić information content (AvgIpc) is 1.69. The third kappa shape index (κ3) is 1.52. The van der Waals surface area contributed by atoms with Gasteiger partial charge in [-0.2, -0.15) is 0 Å². The van der Waals surface area contributed by atoms with Crippen LogP contribution >= 0.6 is 0 Å². The quantitative estimate of drug-likeness (QED) is 0.394. The van der Waals surface area contributed by atoms with Crippen molar-refractivity contribution in [1.29, 1.82) is 0 Å². The number of hydrogen-bond donors (Lipinski definition) is 0. The predicted octanol–water partition coefficient (Wildman–Crippen LogP) is 0.218. The summed E-state index contributed by atoms with van der Waals surface area (Å²) in [6, 6.07) is 0. The first kappa shape index (κ1) is 5.17. The topological polar surface area (TPSA) is 9.23 Å². The minimum absolute atomic E-state index is 0.814. The number of hydrogen-bond acceptors (Lipinski definition) is 1. The fourth-order valence-corrected chi connectivity index (χ4v) is 0.902. The number of rotatable bonds is 0. The maximum absolute atomic E-state index is 5.18. The van der Waals surface area contributed by atoms with Crippen molar-refractivity contribution in [2.24, 2.45) is 0 Å². The normalized spacial score (nSPS) is 32.9. The molecule has 1 aliphatic rings. The Bertz CT molecular complexity index is 50.0. The highest BCUT2D eigenvalue weighted by Crippen LogP contribution is 2.13. The van der Waals surface area contributed by atoms with Gasteiger partial charge in [-0.1, -0.05) is 6.42 Å². The molecule has 1 heterocycles. The molecule has 1 saturated heterocycles. The van der Waals surface area contributed by atoms with Gasteiger partial charge in [0, 0.05) is 13.2 Å². The third-order valence-corrected chi connectivity index (χ3v) is 1.39. The molecule has 0 saturated carbocycles. The zero-order chi connectivity index (χ0) is 5.11. The van der Waals surface area contributed by atoms with Crippen LogP contribution in [0.4, 0.5) is 0 Å². The second-order valence-electron chi connectivity index (χ2n) is 2.32. The van der Waals surface area contributed by atoms with Crippen LogP contribution in [0.25, 0.3) is 0 Å². The average molecular weight is 98.0 g/mol. The molecule has 7 heavy (non-hydrogen) atoms. The van der Waals surface area contributed by atoms with Gasteiger partial charge in [-0.3, -0.25) is 0 Å². The molecule has 40 valence electrons. The van der Waals surface area contributed by atoms with Crippen molar-refractivity contribution >= 4 is 7.85 Å². The Balaban J connectivity index is 2.12. The number of ether oxygens (including phenoxy) is 1. The smallest absolute Gasteiger partial charge is 0.108 e. The standard InChI is InChI=1S/C5H11BO/c6-5-2-1-3-7-4-5/h5H,1-4,6H2. The maximum atomic E-state index is 5.18. The highest BCUT2D eigenvalue weighted by molar-refractivity contribution is 6.11. The Kier molecular flexibility index (Phi) is 1.74. The predicted molar refractivity (Wildman–Crippen MR) is 32.3 cm³/mol. The largest absolute Gasteiger partial charge is 0.382 e. The summed E-state index contributed by atoms with van der Waals surface area (Å²) in [6.07, 6.45) is 2.63. The first-order chi connectivity index (χ1) is 3.39. The molecule has 1 fully saturated rings. The molecule has 1 atom stereocenters. The third-order valence-electron chi connectivity index (χ3n) is 1.39. The van der Waals surface area contributed by atoms with E-state index in [-0.39, 0.29) is 0 Å². The summed E-state index contributed by atoms with van der Waals surface area (Å²) in [5.74, 6) is 0.814. The molecule has 0 aromatic rings. The molecule has 0 bridgehead atoms. The van der Waals surface area contributed by atoms with E-state index in [1.165, 1.54) is 12.8 Å². The van der Waals surface area contributed by atoms with Gasteiger partial charge in [0.15, 0.2) is 0 Å². The van der Waals surface area contributed by atoms with E-state index in [0.717, 1.165) is 19.0 Å². The van der Waals surface area contributed by atoms with Gasteiger partial charge < -0.3 is 4.74 Å². The van der Waals surface area contributed by atoms with Crippen LogP contribution in [0.1, 0.15) is 12.8 Å². The highest BCUT2D eigenvalue weighted by atomic mass is 16.5. The molecule has 0 amide bonds. The van der Waals surface area contributed by atoms with Gasteiger partial charge in [-0.05, 0) is 12.2 Å². The Morgan fingerprint density at radius 3 is 2.71 bits per heavy atom. The van der Waals surface area contributed by atoms with Crippen molar-refractivity contribution in [2.45, 2.75) is 18.7 Å². The molecule has 0 radical (unpaired) electrons. The monoisotopic (exact) mass is 98.1 g/mol. The lowest BCUT2D eigenvalue weighted by atomic mass is 9.83. The second-order valence-corrected chi connectivity index (χ2v) is 2.32. The molecule has 1 rings (SSSR count). The van der Waals surface area contributed by atoms with Gasteiger partial charge in [0.25, 0.3) is 0 Å². The SMILES string of the molecule is BC1CCCOC1. The Hall–Kier alpha value is 0.0249. The lowest BCUT2D eigenvalue weighted by Crippen LogP contribution is -2.11.